The number of hydrogen-bond donors (Lipinski definition) is 5. The Hall–Kier alpha value is -3.10. The second kappa shape index (κ2) is 9.87. The maximum atomic E-state index is 15.0. The van der Waals surface area contributed by atoms with Gasteiger partial charge in [0.25, 0.3) is 0 Å². The molecule has 2 aliphatic rings. The molecule has 35 heavy (non-hydrogen) atoms. The third-order valence-corrected chi connectivity index (χ3v) is 6.20. The van der Waals surface area contributed by atoms with Gasteiger partial charge in [-0.3, -0.25) is 4.79 Å². The van der Waals surface area contributed by atoms with Gasteiger partial charge in [0.15, 0.2) is 6.10 Å². The van der Waals surface area contributed by atoms with E-state index in [0.717, 1.165) is 6.07 Å². The number of aliphatic hydroxyl groups excluding tert-OH is 3. The van der Waals surface area contributed by atoms with Crippen LogP contribution in [0.3, 0.4) is 0 Å². The number of anilines is 1. The van der Waals surface area contributed by atoms with Gasteiger partial charge >= 0.3 is 11.9 Å². The Balaban J connectivity index is 1.68. The summed E-state index contributed by atoms with van der Waals surface area (Å²) >= 11 is 0. The summed E-state index contributed by atoms with van der Waals surface area (Å²) in [7, 11) is 0. The molecular formula is C22H26FN3O9. The first-order valence-electron chi connectivity index (χ1n) is 11.1. The van der Waals surface area contributed by atoms with Crippen LogP contribution in [0.15, 0.2) is 23.1 Å². The van der Waals surface area contributed by atoms with Crippen molar-refractivity contribution < 1.29 is 43.9 Å². The molecule has 4 rings (SSSR count). The number of esters is 1. The summed E-state index contributed by atoms with van der Waals surface area (Å²) in [6.45, 7) is 4.63. The van der Waals surface area contributed by atoms with Crippen molar-refractivity contribution in [2.75, 3.05) is 31.1 Å². The van der Waals surface area contributed by atoms with Crippen LogP contribution < -0.4 is 15.6 Å². The number of rotatable bonds is 5. The molecule has 2 aromatic rings. The molecule has 13 heteroatoms. The summed E-state index contributed by atoms with van der Waals surface area (Å²) in [5, 5.41) is 42.0. The van der Waals surface area contributed by atoms with E-state index in [1.807, 2.05) is 4.90 Å². The Morgan fingerprint density at radius 3 is 2.49 bits per heavy atom. The molecule has 0 aliphatic carbocycles. The summed E-state index contributed by atoms with van der Waals surface area (Å²) < 4.78 is 26.5. The van der Waals surface area contributed by atoms with E-state index in [-0.39, 0.29) is 5.39 Å². The smallest absolute Gasteiger partial charge is 0.346 e. The molecule has 3 heterocycles. The van der Waals surface area contributed by atoms with Gasteiger partial charge in [0.2, 0.25) is 11.7 Å². The highest BCUT2D eigenvalue weighted by molar-refractivity contribution is 5.94. The van der Waals surface area contributed by atoms with Crippen molar-refractivity contribution in [1.82, 2.24) is 9.88 Å². The maximum Gasteiger partial charge on any atom is 0.346 e. The summed E-state index contributed by atoms with van der Waals surface area (Å²) in [5.74, 6) is -3.56. The van der Waals surface area contributed by atoms with E-state index in [1.54, 1.807) is 17.6 Å². The Morgan fingerprint density at radius 2 is 1.86 bits per heavy atom. The molecule has 0 spiro atoms. The van der Waals surface area contributed by atoms with Crippen molar-refractivity contribution in [2.45, 2.75) is 44.2 Å². The zero-order valence-electron chi connectivity index (χ0n) is 18.8. The van der Waals surface area contributed by atoms with Crippen LogP contribution in [0.5, 0.6) is 0 Å². The van der Waals surface area contributed by atoms with Crippen LogP contribution in [0.4, 0.5) is 10.1 Å². The highest BCUT2D eigenvalue weighted by atomic mass is 19.1. The fraction of sp³-hybridized carbons (Fsp3) is 0.500. The minimum atomic E-state index is -1.98. The molecule has 12 nitrogen and oxygen atoms in total. The van der Waals surface area contributed by atoms with Crippen molar-refractivity contribution in [3.05, 3.63) is 39.9 Å². The summed E-state index contributed by atoms with van der Waals surface area (Å²) in [4.78, 5) is 39.0. The van der Waals surface area contributed by atoms with Crippen LogP contribution >= 0.6 is 0 Å². The fourth-order valence-corrected chi connectivity index (χ4v) is 4.27. The Labute approximate surface area is 198 Å². The van der Waals surface area contributed by atoms with E-state index in [0.29, 0.717) is 43.9 Å². The molecule has 2 saturated heterocycles. The highest BCUT2D eigenvalue weighted by Gasteiger charge is 2.48. The molecule has 2 aliphatic heterocycles. The minimum absolute atomic E-state index is 0.0679. The van der Waals surface area contributed by atoms with Crippen molar-refractivity contribution in [1.29, 1.82) is 0 Å². The number of carboxylic acid groups (broad SMARTS) is 1. The number of nitrogens with one attached hydrogen (secondary N) is 1. The molecule has 1 aromatic heterocycles. The molecule has 0 radical (unpaired) electrons. The van der Waals surface area contributed by atoms with Crippen molar-refractivity contribution in [3.8, 4) is 0 Å². The molecular weight excluding hydrogens is 469 g/mol. The number of carboxylic acids is 1. The van der Waals surface area contributed by atoms with Crippen molar-refractivity contribution in [3.63, 3.8) is 0 Å². The van der Waals surface area contributed by atoms with Crippen molar-refractivity contribution >= 4 is 28.5 Å². The van der Waals surface area contributed by atoms with E-state index in [4.69, 9.17) is 14.6 Å². The van der Waals surface area contributed by atoms with Gasteiger partial charge in [0.05, 0.1) is 11.2 Å². The zero-order chi connectivity index (χ0) is 25.4. The molecule has 0 amide bonds. The number of carbonyl (C=O) groups is 2. The van der Waals surface area contributed by atoms with Gasteiger partial charge in [0, 0.05) is 44.3 Å². The molecule has 2 fully saturated rings. The second-order valence-corrected chi connectivity index (χ2v) is 8.36. The highest BCUT2D eigenvalue weighted by Crippen LogP contribution is 2.27. The summed E-state index contributed by atoms with van der Waals surface area (Å²) in [5.41, 5.74) is -0.595. The van der Waals surface area contributed by atoms with Gasteiger partial charge in [-0.2, -0.15) is 0 Å². The van der Waals surface area contributed by atoms with Crippen LogP contribution in [-0.4, -0.2) is 93.8 Å². The minimum Gasteiger partial charge on any atom is -0.479 e. The number of hydrogen-bond acceptors (Lipinski definition) is 10. The number of fused-ring (bicyclic) bond motifs is 1. The lowest BCUT2D eigenvalue weighted by atomic mass is 9.99. The average molecular weight is 495 g/mol. The van der Waals surface area contributed by atoms with E-state index < -0.39 is 59.5 Å². The van der Waals surface area contributed by atoms with Crippen LogP contribution in [0.1, 0.15) is 17.3 Å². The number of halogens is 1. The molecule has 190 valence electrons. The number of pyridine rings is 1. The number of aliphatic carboxylic acids is 1. The van der Waals surface area contributed by atoms with Crippen LogP contribution in [0, 0.1) is 5.82 Å². The molecule has 5 N–H and O–H groups in total. The van der Waals surface area contributed by atoms with Gasteiger partial charge in [-0.25, -0.2) is 14.0 Å². The number of carbonyl (C=O) groups excluding carboxylic acids is 1. The van der Waals surface area contributed by atoms with E-state index in [9.17, 15) is 34.1 Å². The van der Waals surface area contributed by atoms with Gasteiger partial charge in [-0.05, 0) is 19.1 Å². The van der Waals surface area contributed by atoms with Gasteiger partial charge in [-0.15, -0.1) is 0 Å². The topological polar surface area (TPSA) is 171 Å². The van der Waals surface area contributed by atoms with Crippen molar-refractivity contribution in [2.24, 2.45) is 0 Å². The molecule has 1 aromatic carbocycles. The number of aromatic nitrogens is 1. The maximum absolute atomic E-state index is 15.0. The average Bonchev–Trinajstić information content (AvgIpc) is 2.84. The first kappa shape index (κ1) is 25.0. The predicted octanol–water partition coefficient (Wildman–Crippen LogP) is -1.38. The Bertz CT molecular complexity index is 1200. The molecule has 3 unspecified atom stereocenters. The Kier molecular flexibility index (Phi) is 7.05. The summed E-state index contributed by atoms with van der Waals surface area (Å²) in [6, 6.07) is 2.61. The number of benzene rings is 1. The normalized spacial score (nSPS) is 27.1. The number of ether oxygens (including phenoxy) is 2. The predicted molar refractivity (Wildman–Crippen MR) is 119 cm³/mol. The molecule has 0 bridgehead atoms. The lowest BCUT2D eigenvalue weighted by Gasteiger charge is -2.37. The lowest BCUT2D eigenvalue weighted by molar-refractivity contribution is -0.278. The number of nitrogens with zero attached hydrogens (tertiary/aromatic N) is 2. The van der Waals surface area contributed by atoms with Gasteiger partial charge in [0.1, 0.15) is 29.7 Å². The standard InChI is InChI=1S/C22H26FN3O9/c1-2-25-9-11(21(33)35-22-18(30)16(28)17(29)19(34-22)20(31)32)15(27)10-7-12(23)14(8-13(10)25)26-5-3-24-4-6-26/h7-9,16-19,22,24,28-30H,2-6H2,1H3,(H,31,32)/t16?,17-,18?,19?,22+/m1/s1. The second-order valence-electron chi connectivity index (χ2n) is 8.36. The SMILES string of the molecule is CCn1cc(C(=O)O[C@@H]2OC(C(=O)O)[C@H](O)C(O)C2O)c(=O)c2cc(F)c(N3CCNCC3)cc21. The third kappa shape index (κ3) is 4.60. The quantitative estimate of drug-likeness (QED) is 0.310. The van der Waals surface area contributed by atoms with Crippen LogP contribution in [-0.2, 0) is 20.8 Å². The van der Waals surface area contributed by atoms with Gasteiger partial charge < -0.3 is 44.7 Å². The summed E-state index contributed by atoms with van der Waals surface area (Å²) in [6.07, 6.45) is -8.65. The van der Waals surface area contributed by atoms with Gasteiger partial charge in [-0.1, -0.05) is 0 Å². The monoisotopic (exact) mass is 495 g/mol. The zero-order valence-corrected chi connectivity index (χ0v) is 18.8. The Morgan fingerprint density at radius 1 is 1.17 bits per heavy atom. The van der Waals surface area contributed by atoms with E-state index in [2.05, 4.69) is 5.32 Å². The number of piperazine rings is 1. The lowest BCUT2D eigenvalue weighted by Crippen LogP contribution is -2.60. The fourth-order valence-electron chi connectivity index (χ4n) is 4.27. The molecule has 0 saturated carbocycles. The first-order valence-corrected chi connectivity index (χ1v) is 11.1. The first-order chi connectivity index (χ1) is 16.6. The van der Waals surface area contributed by atoms with E-state index >= 15 is 0 Å². The van der Waals surface area contributed by atoms with E-state index in [1.165, 1.54) is 6.20 Å². The number of aliphatic hydroxyl groups is 3. The van der Waals surface area contributed by atoms with Crippen LogP contribution in [0.2, 0.25) is 0 Å². The number of aryl methyl sites for hydroxylation is 1. The third-order valence-electron chi connectivity index (χ3n) is 6.20. The molecule has 5 atom stereocenters. The van der Waals surface area contributed by atoms with Crippen LogP contribution in [0.25, 0.3) is 10.9 Å². The largest absolute Gasteiger partial charge is 0.479 e.